The molecule has 0 aromatic heterocycles. The molecule has 0 saturated carbocycles. The van der Waals surface area contributed by atoms with E-state index in [2.05, 4.69) is 17.2 Å². The Bertz CT molecular complexity index is 164. The molecular weight excluding hydrogens is 188 g/mol. The maximum absolute atomic E-state index is 10.0. The van der Waals surface area contributed by atoms with E-state index in [1.54, 1.807) is 0 Å². The standard InChI is InChI=1S/C8H20N2O2S/c1-2-3-4-5-6-7-8-9-10-13(11)12/h9,13H,2-8H2,1H3,(H,10,11,12). The number of thiol groups is 1. The minimum Gasteiger partial charge on any atom is -0.244 e. The molecule has 80 valence electrons. The van der Waals surface area contributed by atoms with Crippen LogP contribution in [-0.4, -0.2) is 15.0 Å². The van der Waals surface area contributed by atoms with Crippen molar-refractivity contribution < 1.29 is 8.42 Å². The number of hydrogen-bond donors (Lipinski definition) is 3. The average molecular weight is 208 g/mol. The molecule has 0 aromatic carbocycles. The van der Waals surface area contributed by atoms with E-state index in [9.17, 15) is 8.42 Å². The molecule has 0 aromatic rings. The van der Waals surface area contributed by atoms with E-state index in [1.165, 1.54) is 32.1 Å². The Kier molecular flexibility index (Phi) is 9.85. The van der Waals surface area contributed by atoms with Gasteiger partial charge in [-0.3, -0.25) is 0 Å². The first-order valence-corrected chi connectivity index (χ1v) is 6.08. The Morgan fingerprint density at radius 2 is 1.62 bits per heavy atom. The van der Waals surface area contributed by atoms with Gasteiger partial charge < -0.3 is 0 Å². The summed E-state index contributed by atoms with van der Waals surface area (Å²) in [6.45, 7) is 2.91. The Morgan fingerprint density at radius 3 is 2.23 bits per heavy atom. The molecule has 0 unspecified atom stereocenters. The van der Waals surface area contributed by atoms with E-state index in [4.69, 9.17) is 0 Å². The van der Waals surface area contributed by atoms with Crippen LogP contribution in [0.2, 0.25) is 0 Å². The fraction of sp³-hybridized carbons (Fsp3) is 1.00. The highest BCUT2D eigenvalue weighted by molar-refractivity contribution is 7.70. The van der Waals surface area contributed by atoms with Crippen LogP contribution in [0.4, 0.5) is 0 Å². The van der Waals surface area contributed by atoms with Crippen LogP contribution in [-0.2, 0) is 10.9 Å². The van der Waals surface area contributed by atoms with Crippen LogP contribution in [0, 0.1) is 0 Å². The lowest BCUT2D eigenvalue weighted by Crippen LogP contribution is -2.30. The van der Waals surface area contributed by atoms with E-state index in [0.717, 1.165) is 13.0 Å². The van der Waals surface area contributed by atoms with Crippen LogP contribution >= 0.6 is 0 Å². The zero-order valence-corrected chi connectivity index (χ0v) is 9.11. The molecule has 0 fully saturated rings. The van der Waals surface area contributed by atoms with Gasteiger partial charge in [-0.15, -0.1) is 0 Å². The molecule has 0 heterocycles. The smallest absolute Gasteiger partial charge is 0.214 e. The monoisotopic (exact) mass is 208 g/mol. The van der Waals surface area contributed by atoms with Crippen molar-refractivity contribution in [3.05, 3.63) is 0 Å². The Morgan fingerprint density at radius 1 is 1.00 bits per heavy atom. The lowest BCUT2D eigenvalue weighted by Gasteiger charge is -2.01. The summed E-state index contributed by atoms with van der Waals surface area (Å²) >= 11 is 0. The SMILES string of the molecule is CCCCCCCCNN[SH](=O)=O. The van der Waals surface area contributed by atoms with E-state index in [-0.39, 0.29) is 0 Å². The summed E-state index contributed by atoms with van der Waals surface area (Å²) in [6, 6.07) is 0. The van der Waals surface area contributed by atoms with Crippen LogP contribution in [0.5, 0.6) is 0 Å². The third kappa shape index (κ3) is 11.9. The quantitative estimate of drug-likeness (QED) is 0.300. The van der Waals surface area contributed by atoms with Gasteiger partial charge in [0.25, 0.3) is 0 Å². The highest BCUT2D eigenvalue weighted by Gasteiger charge is 1.89. The molecule has 0 radical (unpaired) electrons. The third-order valence-electron chi connectivity index (χ3n) is 1.83. The van der Waals surface area contributed by atoms with Crippen molar-refractivity contribution in [3.8, 4) is 0 Å². The number of unbranched alkanes of at least 4 members (excludes halogenated alkanes) is 5. The highest BCUT2D eigenvalue weighted by atomic mass is 32.2. The molecule has 13 heavy (non-hydrogen) atoms. The molecule has 0 spiro atoms. The Balaban J connectivity index is 2.91. The fourth-order valence-corrected chi connectivity index (χ4v) is 1.36. The molecule has 0 bridgehead atoms. The summed E-state index contributed by atoms with van der Waals surface area (Å²) in [5.41, 5.74) is 2.63. The van der Waals surface area contributed by atoms with Crippen molar-refractivity contribution in [2.24, 2.45) is 0 Å². The van der Waals surface area contributed by atoms with Crippen LogP contribution in [0.25, 0.3) is 0 Å². The number of hydrazine groups is 1. The first-order valence-electron chi connectivity index (χ1n) is 4.90. The molecule has 5 heteroatoms. The molecule has 2 N–H and O–H groups in total. The number of nitrogens with one attached hydrogen (secondary N) is 2. The summed E-state index contributed by atoms with van der Waals surface area (Å²) < 4.78 is 20.1. The van der Waals surface area contributed by atoms with Gasteiger partial charge in [0.2, 0.25) is 10.9 Å². The molecule has 0 aliphatic rings. The van der Waals surface area contributed by atoms with Crippen LogP contribution in [0.15, 0.2) is 0 Å². The maximum atomic E-state index is 10.0. The first-order chi connectivity index (χ1) is 6.27. The largest absolute Gasteiger partial charge is 0.244 e. The van der Waals surface area contributed by atoms with E-state index >= 15 is 0 Å². The molecule has 0 rings (SSSR count). The van der Waals surface area contributed by atoms with Crippen LogP contribution in [0.3, 0.4) is 0 Å². The van der Waals surface area contributed by atoms with Crippen molar-refractivity contribution >= 4 is 10.9 Å². The third-order valence-corrected chi connectivity index (χ3v) is 2.17. The summed E-state index contributed by atoms with van der Waals surface area (Å²) in [5.74, 6) is 0. The second kappa shape index (κ2) is 9.95. The van der Waals surface area contributed by atoms with Gasteiger partial charge in [0.05, 0.1) is 0 Å². The normalized spacial score (nSPS) is 10.9. The molecular formula is C8H20N2O2S. The molecule has 0 atom stereocenters. The van der Waals surface area contributed by atoms with Crippen molar-refractivity contribution in [1.82, 2.24) is 10.3 Å². The maximum Gasteiger partial charge on any atom is 0.214 e. The predicted octanol–water partition coefficient (Wildman–Crippen LogP) is 0.968. The number of hydrogen-bond acceptors (Lipinski definition) is 3. The van der Waals surface area contributed by atoms with Gasteiger partial charge in [0.1, 0.15) is 0 Å². The summed E-state index contributed by atoms with van der Waals surface area (Å²) in [6.07, 6.45) is 7.30. The van der Waals surface area contributed by atoms with Gasteiger partial charge in [-0.1, -0.05) is 39.0 Å². The zero-order chi connectivity index (χ0) is 9.94. The number of rotatable bonds is 9. The summed E-state index contributed by atoms with van der Waals surface area (Å²) in [4.78, 5) is 2.15. The van der Waals surface area contributed by atoms with Crippen molar-refractivity contribution in [1.29, 1.82) is 0 Å². The van der Waals surface area contributed by atoms with E-state index < -0.39 is 10.9 Å². The highest BCUT2D eigenvalue weighted by Crippen LogP contribution is 2.03. The minimum absolute atomic E-state index is 0.718. The van der Waals surface area contributed by atoms with Crippen molar-refractivity contribution in [3.63, 3.8) is 0 Å². The average Bonchev–Trinajstić information content (AvgIpc) is 2.09. The molecule has 0 aliphatic carbocycles. The van der Waals surface area contributed by atoms with Gasteiger partial charge in [-0.05, 0) is 6.42 Å². The van der Waals surface area contributed by atoms with Crippen molar-refractivity contribution in [2.45, 2.75) is 45.4 Å². The molecule has 0 aliphatic heterocycles. The van der Waals surface area contributed by atoms with E-state index in [0.29, 0.717) is 0 Å². The second-order valence-corrected chi connectivity index (χ2v) is 3.80. The van der Waals surface area contributed by atoms with Crippen molar-refractivity contribution in [2.75, 3.05) is 6.54 Å². The van der Waals surface area contributed by atoms with Gasteiger partial charge in [0, 0.05) is 6.54 Å². The first kappa shape index (κ1) is 12.9. The zero-order valence-electron chi connectivity index (χ0n) is 8.21. The Hall–Kier alpha value is -0.130. The van der Waals surface area contributed by atoms with Gasteiger partial charge in [0.15, 0.2) is 0 Å². The fourth-order valence-electron chi connectivity index (χ4n) is 1.11. The molecule has 0 saturated heterocycles. The predicted molar refractivity (Wildman–Crippen MR) is 54.8 cm³/mol. The van der Waals surface area contributed by atoms with Gasteiger partial charge in [-0.25, -0.2) is 13.8 Å². The molecule has 0 amide bonds. The lowest BCUT2D eigenvalue weighted by molar-refractivity contribution is 0.545. The van der Waals surface area contributed by atoms with Crippen LogP contribution in [0.1, 0.15) is 45.4 Å². The minimum atomic E-state index is -2.49. The van der Waals surface area contributed by atoms with E-state index in [1.807, 2.05) is 0 Å². The second-order valence-electron chi connectivity index (χ2n) is 3.06. The lowest BCUT2D eigenvalue weighted by atomic mass is 10.1. The topological polar surface area (TPSA) is 58.2 Å². The molecule has 4 nitrogen and oxygen atoms in total. The Labute approximate surface area is 82.2 Å². The van der Waals surface area contributed by atoms with Gasteiger partial charge >= 0.3 is 0 Å². The van der Waals surface area contributed by atoms with Gasteiger partial charge in [-0.2, -0.15) is 4.83 Å². The summed E-state index contributed by atoms with van der Waals surface area (Å²) in [7, 11) is -2.49. The van der Waals surface area contributed by atoms with Crippen LogP contribution < -0.4 is 10.3 Å². The summed E-state index contributed by atoms with van der Waals surface area (Å²) in [5, 5.41) is 0.